The molecular formula is C40H21B5N6. The third kappa shape index (κ3) is 5.06. The molecule has 10 radical (unpaired) electrons. The Morgan fingerprint density at radius 3 is 1.55 bits per heavy atom. The second-order valence-corrected chi connectivity index (χ2v) is 12.0. The van der Waals surface area contributed by atoms with Gasteiger partial charge < -0.3 is 4.57 Å². The quantitative estimate of drug-likeness (QED) is 0.159. The molecule has 0 fully saturated rings. The van der Waals surface area contributed by atoms with Crippen LogP contribution in [0.4, 0.5) is 0 Å². The van der Waals surface area contributed by atoms with Crippen LogP contribution >= 0.6 is 0 Å². The fraction of sp³-hybridized carbons (Fsp3) is 0. The van der Waals surface area contributed by atoms with E-state index in [2.05, 4.69) is 36.9 Å². The van der Waals surface area contributed by atoms with Crippen molar-refractivity contribution in [1.82, 2.24) is 24.1 Å². The van der Waals surface area contributed by atoms with Crippen LogP contribution in [0.1, 0.15) is 5.82 Å². The molecule has 0 aliphatic carbocycles. The van der Waals surface area contributed by atoms with Crippen LogP contribution in [-0.2, 0) is 0 Å². The highest BCUT2D eigenvalue weighted by molar-refractivity contribution is 6.68. The van der Waals surface area contributed by atoms with Crippen molar-refractivity contribution in [2.75, 3.05) is 0 Å². The number of benzene rings is 5. The predicted octanol–water partition coefficient (Wildman–Crippen LogP) is 3.24. The molecular weight excluding hydrogens is 619 g/mol. The van der Waals surface area contributed by atoms with Crippen molar-refractivity contribution in [1.29, 1.82) is 5.26 Å². The number of fused-ring (bicyclic) bond motifs is 6. The normalized spacial score (nSPS) is 12.2. The fourth-order valence-electron chi connectivity index (χ4n) is 6.72. The summed E-state index contributed by atoms with van der Waals surface area (Å²) in [5.41, 5.74) is 4.87. The molecule has 5 aromatic carbocycles. The maximum atomic E-state index is 10.3. The van der Waals surface area contributed by atoms with Gasteiger partial charge in [0.25, 0.3) is 0 Å². The van der Waals surface area contributed by atoms with Crippen molar-refractivity contribution in [2.45, 2.75) is 0 Å². The monoisotopic (exact) mass is 640 g/mol. The molecule has 0 atom stereocenters. The van der Waals surface area contributed by atoms with Crippen LogP contribution in [0.3, 0.4) is 0 Å². The minimum Gasteiger partial charge on any atom is -0.306 e. The number of rotatable bonds is 6. The number of allylic oxidation sites excluding steroid dienone is 4. The standard InChI is InChI=1S/C40H21B5N6/c1-2-11-22(21-46)20-31(50-27-16-7-3-12-23(27)24-13-4-8-17-28(24)50)38-47-39(32-33(41)35(43)37(45)36(44)34(32)42)49-40(48-38)51-29-18-9-5-14-25(29)26-15-6-10-19-30(26)51/h2-20H,1H2/b22-11+,31-20-. The van der Waals surface area contributed by atoms with Gasteiger partial charge in [0.15, 0.2) is 11.6 Å². The van der Waals surface area contributed by atoms with Crippen molar-refractivity contribution >= 4 is 116 Å². The topological polar surface area (TPSA) is 72.3 Å². The van der Waals surface area contributed by atoms with Crippen LogP contribution in [0.15, 0.2) is 127 Å². The van der Waals surface area contributed by atoms with Gasteiger partial charge in [0.2, 0.25) is 5.95 Å². The zero-order valence-electron chi connectivity index (χ0n) is 27.2. The van der Waals surface area contributed by atoms with E-state index >= 15 is 0 Å². The molecule has 0 aliphatic heterocycles. The molecule has 0 saturated heterocycles. The highest BCUT2D eigenvalue weighted by Crippen LogP contribution is 2.35. The molecule has 0 spiro atoms. The first kappa shape index (κ1) is 32.0. The lowest BCUT2D eigenvalue weighted by molar-refractivity contribution is 0.921. The largest absolute Gasteiger partial charge is 0.306 e. The number of aromatic nitrogens is 5. The molecule has 0 saturated carbocycles. The van der Waals surface area contributed by atoms with E-state index in [1.807, 2.05) is 81.9 Å². The van der Waals surface area contributed by atoms with Gasteiger partial charge in [-0.1, -0.05) is 96.4 Å². The van der Waals surface area contributed by atoms with E-state index in [0.29, 0.717) is 11.3 Å². The van der Waals surface area contributed by atoms with Gasteiger partial charge in [0, 0.05) is 27.1 Å². The molecule has 226 valence electrons. The minimum atomic E-state index is 0.0657. The number of nitrogens with zero attached hydrogens (tertiary/aromatic N) is 6. The van der Waals surface area contributed by atoms with Crippen LogP contribution in [0.2, 0.25) is 0 Å². The van der Waals surface area contributed by atoms with E-state index in [0.717, 1.165) is 43.6 Å². The third-order valence-electron chi connectivity index (χ3n) is 9.10. The second kappa shape index (κ2) is 12.6. The Morgan fingerprint density at radius 1 is 0.608 bits per heavy atom. The molecule has 3 aromatic heterocycles. The molecule has 3 heterocycles. The van der Waals surface area contributed by atoms with Gasteiger partial charge in [-0.05, 0) is 36.4 Å². The Bertz CT molecular complexity index is 2720. The first-order chi connectivity index (χ1) is 24.8. The summed E-state index contributed by atoms with van der Waals surface area (Å²) < 4.78 is 4.00. The van der Waals surface area contributed by atoms with E-state index in [4.69, 9.17) is 54.2 Å². The van der Waals surface area contributed by atoms with Gasteiger partial charge >= 0.3 is 0 Å². The highest BCUT2D eigenvalue weighted by Gasteiger charge is 2.24. The number of hydrogen-bond acceptors (Lipinski definition) is 4. The molecule has 6 nitrogen and oxygen atoms in total. The van der Waals surface area contributed by atoms with Crippen molar-refractivity contribution in [3.8, 4) is 23.4 Å². The fourth-order valence-corrected chi connectivity index (χ4v) is 6.72. The molecule has 8 rings (SSSR count). The van der Waals surface area contributed by atoms with Gasteiger partial charge in [-0.2, -0.15) is 15.2 Å². The summed E-state index contributed by atoms with van der Waals surface area (Å²) in [6, 6.07) is 34.3. The van der Waals surface area contributed by atoms with Gasteiger partial charge in [-0.3, -0.25) is 4.57 Å². The second-order valence-electron chi connectivity index (χ2n) is 12.0. The Morgan fingerprint density at radius 2 is 1.06 bits per heavy atom. The zero-order chi connectivity index (χ0) is 35.4. The van der Waals surface area contributed by atoms with Crippen LogP contribution in [0.5, 0.6) is 0 Å². The van der Waals surface area contributed by atoms with Crippen LogP contribution in [0, 0.1) is 11.3 Å². The van der Waals surface area contributed by atoms with Crippen LogP contribution in [0.25, 0.3) is 66.6 Å². The predicted molar refractivity (Wildman–Crippen MR) is 213 cm³/mol. The average molecular weight is 640 g/mol. The summed E-state index contributed by atoms with van der Waals surface area (Å²) in [6.07, 6.45) is 4.91. The van der Waals surface area contributed by atoms with Gasteiger partial charge in [-0.15, -0.1) is 16.4 Å². The van der Waals surface area contributed by atoms with Crippen molar-refractivity contribution < 1.29 is 0 Å². The maximum Gasteiger partial charge on any atom is 0.238 e. The van der Waals surface area contributed by atoms with Gasteiger partial charge in [0.1, 0.15) is 39.2 Å². The summed E-state index contributed by atoms with van der Waals surface area (Å²) in [7, 11) is 32.1. The van der Waals surface area contributed by atoms with Crippen LogP contribution < -0.4 is 27.3 Å². The summed E-state index contributed by atoms with van der Waals surface area (Å²) >= 11 is 0. The zero-order valence-corrected chi connectivity index (χ0v) is 27.2. The van der Waals surface area contributed by atoms with E-state index in [9.17, 15) is 5.26 Å². The molecule has 0 unspecified atom stereocenters. The average Bonchev–Trinajstić information content (AvgIpc) is 3.68. The van der Waals surface area contributed by atoms with E-state index < -0.39 is 0 Å². The van der Waals surface area contributed by atoms with E-state index in [1.165, 1.54) is 0 Å². The van der Waals surface area contributed by atoms with Crippen LogP contribution in [-0.4, -0.2) is 63.3 Å². The summed E-state index contributed by atoms with van der Waals surface area (Å²) in [5.74, 6) is 0.613. The first-order valence-electron chi connectivity index (χ1n) is 16.0. The van der Waals surface area contributed by atoms with Gasteiger partial charge in [0.05, 0.1) is 39.4 Å². The van der Waals surface area contributed by atoms with Crippen molar-refractivity contribution in [2.24, 2.45) is 0 Å². The summed E-state index contributed by atoms with van der Waals surface area (Å²) in [4.78, 5) is 15.2. The number of hydrogen-bond donors (Lipinski definition) is 0. The first-order valence-corrected chi connectivity index (χ1v) is 16.0. The van der Waals surface area contributed by atoms with E-state index in [1.54, 1.807) is 18.2 Å². The SMILES string of the molecule is [B]c1c([B])c([B])c(-c2nc(/C(=C/C(C#N)=C\C=C)n3c4ccccc4c4ccccc43)nc(-n3c4ccccc4c4ccccc43)n2)c([B])c1[B]. The molecule has 11 heteroatoms. The maximum absolute atomic E-state index is 10.3. The molecule has 8 aromatic rings. The molecule has 0 N–H and O–H groups in total. The molecule has 51 heavy (non-hydrogen) atoms. The molecule has 0 bridgehead atoms. The minimum absolute atomic E-state index is 0.0657. The number of nitriles is 1. The smallest absolute Gasteiger partial charge is 0.238 e. The van der Waals surface area contributed by atoms with E-state index in [-0.39, 0.29) is 50.5 Å². The summed E-state index contributed by atoms with van der Waals surface area (Å²) in [5, 5.41) is 14.3. The van der Waals surface area contributed by atoms with Gasteiger partial charge in [-0.25, -0.2) is 4.98 Å². The lowest BCUT2D eigenvalue weighted by atomic mass is 9.60. The van der Waals surface area contributed by atoms with Crippen molar-refractivity contribution in [3.05, 3.63) is 133 Å². The molecule has 0 aliphatic rings. The molecule has 0 amide bonds. The third-order valence-corrected chi connectivity index (χ3v) is 9.10. The number of para-hydroxylation sites is 4. The summed E-state index contributed by atoms with van der Waals surface area (Å²) in [6.45, 7) is 3.82. The Labute approximate surface area is 300 Å². The Kier molecular flexibility index (Phi) is 7.88. The Hall–Kier alpha value is -6.26. The Balaban J connectivity index is 1.55. The lowest BCUT2D eigenvalue weighted by Crippen LogP contribution is -2.55. The highest BCUT2D eigenvalue weighted by atomic mass is 15.2. The lowest BCUT2D eigenvalue weighted by Gasteiger charge is -2.21. The van der Waals surface area contributed by atoms with Crippen molar-refractivity contribution in [3.63, 3.8) is 0 Å².